The Morgan fingerprint density at radius 2 is 1.51 bits per heavy atom. The van der Waals surface area contributed by atoms with Gasteiger partial charge in [0.15, 0.2) is 0 Å². The molecule has 5 nitrogen and oxygen atoms in total. The molecule has 0 bridgehead atoms. The SMILES string of the molecule is CCCCc1c(C)c(C)c(C)c(CCCC)c1-c1cnn(-c2[c-]c(Oc3[c-]c4c(cc3)c3ccccc3n4-c3cc(SC)ccn3)ccc2)c1.[Pt+2]. The van der Waals surface area contributed by atoms with Gasteiger partial charge in [0, 0.05) is 39.9 Å². The van der Waals surface area contributed by atoms with E-state index in [2.05, 4.69) is 100 Å². The molecule has 262 valence electrons. The first-order valence-corrected chi connectivity index (χ1v) is 19.0. The molecule has 3 heterocycles. The zero-order valence-corrected chi connectivity index (χ0v) is 33.3. The number of pyridine rings is 1. The molecule has 0 spiro atoms. The molecule has 0 aliphatic rings. The standard InChI is InChI=1S/C44H44N4OS.Pt/c1-7-9-16-37-30(4)29(3)31(5)38(17-10-8-2)44(37)32-27-46-47(28-32)33-14-13-15-34(24-33)49-35-20-21-40-39-18-11-12-19-41(39)48(42(40)25-35)43-26-36(50-6)22-23-45-43;/h11-15,18-23,26-28H,7-10,16-17H2,1-6H3;/q-2;+2. The average Bonchev–Trinajstić information content (AvgIpc) is 3.76. The van der Waals surface area contributed by atoms with E-state index in [1.807, 2.05) is 47.4 Å². The quantitative estimate of drug-likeness (QED) is 0.0906. The van der Waals surface area contributed by atoms with E-state index in [0.29, 0.717) is 11.5 Å². The number of hydrogen-bond donors (Lipinski definition) is 0. The van der Waals surface area contributed by atoms with Gasteiger partial charge in [-0.2, -0.15) is 17.2 Å². The fourth-order valence-electron chi connectivity index (χ4n) is 7.12. The Kier molecular flexibility index (Phi) is 11.5. The van der Waals surface area contributed by atoms with Crippen molar-refractivity contribution in [3.8, 4) is 34.1 Å². The summed E-state index contributed by atoms with van der Waals surface area (Å²) in [6.07, 6.45) is 15.0. The Labute approximate surface area is 320 Å². The number of thioether (sulfide) groups is 1. The number of aromatic nitrogens is 4. The maximum Gasteiger partial charge on any atom is 2.00 e. The van der Waals surface area contributed by atoms with E-state index in [0.717, 1.165) is 51.0 Å². The summed E-state index contributed by atoms with van der Waals surface area (Å²) in [4.78, 5) is 5.90. The van der Waals surface area contributed by atoms with Crippen molar-refractivity contribution in [2.75, 3.05) is 6.26 Å². The molecule has 0 aliphatic carbocycles. The third-order valence-electron chi connectivity index (χ3n) is 10.0. The van der Waals surface area contributed by atoms with Gasteiger partial charge in [0.1, 0.15) is 5.82 Å². The molecule has 7 heteroatoms. The fourth-order valence-corrected chi connectivity index (χ4v) is 7.54. The summed E-state index contributed by atoms with van der Waals surface area (Å²) in [5.41, 5.74) is 12.6. The van der Waals surface area contributed by atoms with Crippen molar-refractivity contribution >= 4 is 33.6 Å². The van der Waals surface area contributed by atoms with Crippen LogP contribution in [-0.4, -0.2) is 25.6 Å². The van der Waals surface area contributed by atoms with Gasteiger partial charge < -0.3 is 9.30 Å². The van der Waals surface area contributed by atoms with Crippen LogP contribution in [0.25, 0.3) is 44.4 Å². The van der Waals surface area contributed by atoms with E-state index >= 15 is 0 Å². The van der Waals surface area contributed by atoms with Crippen molar-refractivity contribution < 1.29 is 25.8 Å². The molecule has 0 unspecified atom stereocenters. The molecule has 0 saturated carbocycles. The molecule has 51 heavy (non-hydrogen) atoms. The number of para-hydroxylation sites is 1. The number of benzene rings is 4. The molecule has 0 amide bonds. The van der Waals surface area contributed by atoms with E-state index in [4.69, 9.17) is 14.8 Å². The van der Waals surface area contributed by atoms with Gasteiger partial charge in [-0.1, -0.05) is 50.4 Å². The molecular weight excluding hydrogens is 828 g/mol. The molecule has 0 fully saturated rings. The Hall–Kier alpha value is -4.12. The topological polar surface area (TPSA) is 44.9 Å². The molecule has 0 aliphatic heterocycles. The van der Waals surface area contributed by atoms with Crippen LogP contribution in [0.4, 0.5) is 0 Å². The monoisotopic (exact) mass is 871 g/mol. The zero-order valence-electron chi connectivity index (χ0n) is 30.2. The van der Waals surface area contributed by atoms with Crippen LogP contribution in [0.5, 0.6) is 11.5 Å². The Morgan fingerprint density at radius 1 is 0.784 bits per heavy atom. The Balaban J connectivity index is 0.00000448. The minimum absolute atomic E-state index is 0. The number of nitrogens with zero attached hydrogens (tertiary/aromatic N) is 4. The van der Waals surface area contributed by atoms with Crippen molar-refractivity contribution in [2.24, 2.45) is 0 Å². The van der Waals surface area contributed by atoms with Crippen LogP contribution in [-0.2, 0) is 33.9 Å². The molecular formula is C44H44N4OPtS. The van der Waals surface area contributed by atoms with Crippen LogP contribution in [0, 0.1) is 32.9 Å². The summed E-state index contributed by atoms with van der Waals surface area (Å²) < 4.78 is 10.5. The second-order valence-corrected chi connectivity index (χ2v) is 14.0. The minimum Gasteiger partial charge on any atom is -0.509 e. The number of unbranched alkanes of at least 4 members (excludes halogenated alkanes) is 2. The average molecular weight is 872 g/mol. The smallest absolute Gasteiger partial charge is 0.509 e. The molecule has 7 aromatic rings. The van der Waals surface area contributed by atoms with Crippen LogP contribution >= 0.6 is 11.8 Å². The second-order valence-electron chi connectivity index (χ2n) is 13.1. The molecule has 4 aromatic carbocycles. The third kappa shape index (κ3) is 7.18. The largest absolute Gasteiger partial charge is 2.00 e. The maximum absolute atomic E-state index is 6.45. The van der Waals surface area contributed by atoms with Crippen molar-refractivity contribution in [2.45, 2.75) is 78.0 Å². The van der Waals surface area contributed by atoms with E-state index < -0.39 is 0 Å². The summed E-state index contributed by atoms with van der Waals surface area (Å²) >= 11 is 1.70. The van der Waals surface area contributed by atoms with Crippen LogP contribution < -0.4 is 4.74 Å². The van der Waals surface area contributed by atoms with Gasteiger partial charge in [0.05, 0.1) is 6.20 Å². The van der Waals surface area contributed by atoms with E-state index in [1.165, 1.54) is 64.6 Å². The van der Waals surface area contributed by atoms with Crippen molar-refractivity contribution in [1.29, 1.82) is 0 Å². The predicted molar refractivity (Wildman–Crippen MR) is 209 cm³/mol. The van der Waals surface area contributed by atoms with Crippen LogP contribution in [0.3, 0.4) is 0 Å². The first-order valence-electron chi connectivity index (χ1n) is 17.7. The molecule has 7 rings (SSSR count). The van der Waals surface area contributed by atoms with Gasteiger partial charge in [-0.25, -0.2) is 4.98 Å². The molecule has 0 saturated heterocycles. The van der Waals surface area contributed by atoms with Gasteiger partial charge in [0.25, 0.3) is 0 Å². The minimum atomic E-state index is 0. The third-order valence-corrected chi connectivity index (χ3v) is 10.7. The number of rotatable bonds is 12. The summed E-state index contributed by atoms with van der Waals surface area (Å²) in [7, 11) is 0. The number of ether oxygens (including phenoxy) is 1. The van der Waals surface area contributed by atoms with Crippen LogP contribution in [0.1, 0.15) is 67.3 Å². The normalized spacial score (nSPS) is 11.3. The number of fused-ring (bicyclic) bond motifs is 3. The van der Waals surface area contributed by atoms with Crippen molar-refractivity contribution in [1.82, 2.24) is 19.3 Å². The van der Waals surface area contributed by atoms with Crippen molar-refractivity contribution in [3.63, 3.8) is 0 Å². The first-order chi connectivity index (χ1) is 24.4. The molecule has 0 N–H and O–H groups in total. The first kappa shape index (κ1) is 36.7. The molecule has 0 atom stereocenters. The summed E-state index contributed by atoms with van der Waals surface area (Å²) in [5.74, 6) is 2.08. The van der Waals surface area contributed by atoms with Gasteiger partial charge >= 0.3 is 21.1 Å². The van der Waals surface area contributed by atoms with Crippen LogP contribution in [0.2, 0.25) is 0 Å². The summed E-state index contributed by atoms with van der Waals surface area (Å²) in [6, 6.07) is 29.7. The second kappa shape index (κ2) is 16.0. The van der Waals surface area contributed by atoms with E-state index in [-0.39, 0.29) is 21.1 Å². The molecule has 0 radical (unpaired) electrons. The molecule has 3 aromatic heterocycles. The van der Waals surface area contributed by atoms with E-state index in [1.54, 1.807) is 11.8 Å². The maximum atomic E-state index is 6.45. The van der Waals surface area contributed by atoms with Gasteiger partial charge in [-0.05, 0) is 115 Å². The van der Waals surface area contributed by atoms with Gasteiger partial charge in [0.2, 0.25) is 0 Å². The Bertz CT molecular complexity index is 2290. The van der Waals surface area contributed by atoms with E-state index in [9.17, 15) is 0 Å². The zero-order chi connectivity index (χ0) is 34.8. The Morgan fingerprint density at radius 3 is 2.24 bits per heavy atom. The van der Waals surface area contributed by atoms with Crippen molar-refractivity contribution in [3.05, 3.63) is 125 Å². The van der Waals surface area contributed by atoms with Crippen LogP contribution in [0.15, 0.2) is 90.2 Å². The number of hydrogen-bond acceptors (Lipinski definition) is 4. The van der Waals surface area contributed by atoms with Gasteiger partial charge in [-0.3, -0.25) is 4.68 Å². The predicted octanol–water partition coefficient (Wildman–Crippen LogP) is 11.8. The summed E-state index contributed by atoms with van der Waals surface area (Å²) in [5, 5.41) is 7.12. The fraction of sp³-hybridized carbons (Fsp3) is 0.273. The summed E-state index contributed by atoms with van der Waals surface area (Å²) in [6.45, 7) is 11.4. The van der Waals surface area contributed by atoms with Gasteiger partial charge in [-0.15, -0.1) is 47.5 Å².